The highest BCUT2D eigenvalue weighted by atomic mass is 16.5. The monoisotopic (exact) mass is 305 g/mol. The molecule has 0 radical (unpaired) electrons. The molecule has 2 rings (SSSR count). The van der Waals surface area contributed by atoms with Gasteiger partial charge in [-0.25, -0.2) is 4.79 Å². The van der Waals surface area contributed by atoms with Crippen LogP contribution in [0.5, 0.6) is 0 Å². The van der Waals surface area contributed by atoms with Crippen LogP contribution in [0.1, 0.15) is 49.7 Å². The molecule has 0 bridgehead atoms. The molecular weight excluding hydrogens is 282 g/mol. The molecule has 0 atom stereocenters. The van der Waals surface area contributed by atoms with E-state index in [9.17, 15) is 10.1 Å². The smallest absolute Gasteiger partial charge is 0.341 e. The molecule has 1 saturated heterocycles. The lowest BCUT2D eigenvalue weighted by Gasteiger charge is -2.29. The summed E-state index contributed by atoms with van der Waals surface area (Å²) < 4.78 is 12.5. The average Bonchev–Trinajstić information content (AvgIpc) is 2.87. The lowest BCUT2D eigenvalue weighted by molar-refractivity contribution is -0.00471. The number of ether oxygens (including phenoxy) is 2. The number of esters is 1. The highest BCUT2D eigenvalue weighted by molar-refractivity contribution is 5.90. The van der Waals surface area contributed by atoms with Crippen LogP contribution >= 0.6 is 0 Å². The van der Waals surface area contributed by atoms with E-state index in [-0.39, 0.29) is 12.1 Å². The van der Waals surface area contributed by atoms with Crippen molar-refractivity contribution in [1.29, 1.82) is 5.26 Å². The third kappa shape index (κ3) is 3.30. The third-order valence-electron chi connectivity index (χ3n) is 4.03. The molecule has 0 N–H and O–H groups in total. The molecule has 1 aromatic rings. The molecule has 0 amide bonds. The normalized spacial score (nSPS) is 17.8. The summed E-state index contributed by atoms with van der Waals surface area (Å²) >= 11 is 0. The lowest BCUT2D eigenvalue weighted by atomic mass is 9.83. The van der Waals surface area contributed by atoms with Crippen molar-refractivity contribution in [2.75, 3.05) is 19.8 Å². The Kier molecular flexibility index (Phi) is 4.57. The fourth-order valence-corrected chi connectivity index (χ4v) is 2.62. The topological polar surface area (TPSA) is 77.1 Å². The van der Waals surface area contributed by atoms with Crippen LogP contribution in [0.15, 0.2) is 6.20 Å². The first-order valence-electron chi connectivity index (χ1n) is 7.50. The Balaban J connectivity index is 2.07. The van der Waals surface area contributed by atoms with Crippen LogP contribution in [0.3, 0.4) is 0 Å². The number of aromatic nitrogens is 2. The van der Waals surface area contributed by atoms with E-state index in [1.54, 1.807) is 4.68 Å². The number of hydrogen-bond donors (Lipinski definition) is 0. The molecule has 0 saturated carbocycles. The average molecular weight is 305 g/mol. The fraction of sp³-hybridized carbons (Fsp3) is 0.688. The van der Waals surface area contributed by atoms with Crippen LogP contribution in [-0.4, -0.2) is 35.6 Å². The van der Waals surface area contributed by atoms with Crippen molar-refractivity contribution in [3.63, 3.8) is 0 Å². The van der Waals surface area contributed by atoms with Gasteiger partial charge in [-0.15, -0.1) is 0 Å². The van der Waals surface area contributed by atoms with Gasteiger partial charge >= 0.3 is 5.97 Å². The summed E-state index contributed by atoms with van der Waals surface area (Å²) in [7, 11) is 0. The van der Waals surface area contributed by atoms with Gasteiger partial charge < -0.3 is 9.47 Å². The van der Waals surface area contributed by atoms with Crippen molar-refractivity contribution in [2.24, 2.45) is 5.41 Å². The largest absolute Gasteiger partial charge is 0.460 e. The zero-order chi connectivity index (χ0) is 16.4. The Morgan fingerprint density at radius 1 is 1.50 bits per heavy atom. The second-order valence-electron chi connectivity index (χ2n) is 6.81. The SMILES string of the molecule is Cc1c(C(=O)OCC2(C#N)CCOCC2)cnn1C(C)(C)C. The van der Waals surface area contributed by atoms with Gasteiger partial charge in [-0.2, -0.15) is 10.4 Å². The summed E-state index contributed by atoms with van der Waals surface area (Å²) in [5.41, 5.74) is 0.407. The minimum absolute atomic E-state index is 0.103. The summed E-state index contributed by atoms with van der Waals surface area (Å²) in [6.45, 7) is 9.09. The van der Waals surface area contributed by atoms with E-state index < -0.39 is 11.4 Å². The van der Waals surface area contributed by atoms with Crippen LogP contribution in [0, 0.1) is 23.7 Å². The van der Waals surface area contributed by atoms with Crippen LogP contribution in [-0.2, 0) is 15.0 Å². The van der Waals surface area contributed by atoms with Gasteiger partial charge in [0.25, 0.3) is 0 Å². The predicted octanol–water partition coefficient (Wildman–Crippen LogP) is 2.42. The van der Waals surface area contributed by atoms with E-state index in [1.165, 1.54) is 6.20 Å². The Morgan fingerprint density at radius 2 is 2.14 bits per heavy atom. The zero-order valence-corrected chi connectivity index (χ0v) is 13.7. The molecule has 0 aliphatic carbocycles. The molecule has 0 aromatic carbocycles. The van der Waals surface area contributed by atoms with Crippen molar-refractivity contribution in [3.05, 3.63) is 17.5 Å². The van der Waals surface area contributed by atoms with E-state index in [1.807, 2.05) is 27.7 Å². The maximum atomic E-state index is 12.3. The molecule has 1 fully saturated rings. The number of carbonyl (C=O) groups excluding carboxylic acids is 1. The van der Waals surface area contributed by atoms with Gasteiger partial charge in [0.15, 0.2) is 0 Å². The number of hydrogen-bond acceptors (Lipinski definition) is 5. The van der Waals surface area contributed by atoms with Crippen LogP contribution < -0.4 is 0 Å². The summed E-state index contributed by atoms with van der Waals surface area (Å²) in [4.78, 5) is 12.3. The quantitative estimate of drug-likeness (QED) is 0.801. The standard InChI is InChI=1S/C16H23N3O3/c1-12-13(9-18-19(12)15(2,3)4)14(20)22-11-16(10-17)5-7-21-8-6-16/h9H,5-8,11H2,1-4H3. The molecule has 22 heavy (non-hydrogen) atoms. The number of nitriles is 1. The fourth-order valence-electron chi connectivity index (χ4n) is 2.62. The third-order valence-corrected chi connectivity index (χ3v) is 4.03. The van der Waals surface area contributed by atoms with E-state index >= 15 is 0 Å². The number of carbonyl (C=O) groups is 1. The van der Waals surface area contributed by atoms with Gasteiger partial charge in [0.2, 0.25) is 0 Å². The summed E-state index contributed by atoms with van der Waals surface area (Å²) in [5.74, 6) is -0.422. The van der Waals surface area contributed by atoms with E-state index in [2.05, 4.69) is 11.2 Å². The minimum atomic E-state index is -0.623. The van der Waals surface area contributed by atoms with E-state index in [4.69, 9.17) is 9.47 Å². The van der Waals surface area contributed by atoms with Gasteiger partial charge in [0, 0.05) is 13.2 Å². The highest BCUT2D eigenvalue weighted by Gasteiger charge is 2.35. The Bertz CT molecular complexity index is 587. The summed E-state index contributed by atoms with van der Waals surface area (Å²) in [6.07, 6.45) is 2.72. The van der Waals surface area contributed by atoms with Crippen molar-refractivity contribution in [2.45, 2.75) is 46.1 Å². The molecule has 6 heteroatoms. The van der Waals surface area contributed by atoms with Gasteiger partial charge in [0.1, 0.15) is 12.2 Å². The molecule has 1 aliphatic heterocycles. The summed E-state index contributed by atoms with van der Waals surface area (Å²) in [5, 5.41) is 13.6. The first-order valence-corrected chi connectivity index (χ1v) is 7.50. The molecule has 1 aliphatic rings. The Labute approximate surface area is 131 Å². The zero-order valence-electron chi connectivity index (χ0n) is 13.7. The van der Waals surface area contributed by atoms with E-state index in [0.29, 0.717) is 31.6 Å². The Hall–Kier alpha value is -1.87. The van der Waals surface area contributed by atoms with Crippen molar-refractivity contribution in [1.82, 2.24) is 9.78 Å². The maximum absolute atomic E-state index is 12.3. The van der Waals surface area contributed by atoms with Gasteiger partial charge in [-0.05, 0) is 40.5 Å². The Morgan fingerprint density at radius 3 is 2.64 bits per heavy atom. The second kappa shape index (κ2) is 6.09. The highest BCUT2D eigenvalue weighted by Crippen LogP contribution is 2.30. The molecule has 1 aromatic heterocycles. The maximum Gasteiger partial charge on any atom is 0.341 e. The van der Waals surface area contributed by atoms with Crippen molar-refractivity contribution < 1.29 is 14.3 Å². The molecule has 2 heterocycles. The lowest BCUT2D eigenvalue weighted by Crippen LogP contribution is -2.33. The van der Waals surface area contributed by atoms with Crippen LogP contribution in [0.2, 0.25) is 0 Å². The molecule has 6 nitrogen and oxygen atoms in total. The molecular formula is C16H23N3O3. The van der Waals surface area contributed by atoms with Crippen LogP contribution in [0.4, 0.5) is 0 Å². The number of rotatable bonds is 3. The van der Waals surface area contributed by atoms with Crippen LogP contribution in [0.25, 0.3) is 0 Å². The van der Waals surface area contributed by atoms with E-state index in [0.717, 1.165) is 5.69 Å². The summed E-state index contributed by atoms with van der Waals surface area (Å²) in [6, 6.07) is 2.29. The number of nitrogens with zero attached hydrogens (tertiary/aromatic N) is 3. The molecule has 0 spiro atoms. The first-order chi connectivity index (χ1) is 10.3. The first kappa shape index (κ1) is 16.5. The van der Waals surface area contributed by atoms with Gasteiger partial charge in [-0.1, -0.05) is 0 Å². The van der Waals surface area contributed by atoms with Gasteiger partial charge in [0.05, 0.1) is 28.9 Å². The van der Waals surface area contributed by atoms with Crippen molar-refractivity contribution >= 4 is 5.97 Å². The molecule has 120 valence electrons. The second-order valence-corrected chi connectivity index (χ2v) is 6.81. The molecule has 0 unspecified atom stereocenters. The van der Waals surface area contributed by atoms with Gasteiger partial charge in [-0.3, -0.25) is 4.68 Å². The minimum Gasteiger partial charge on any atom is -0.460 e. The predicted molar refractivity (Wildman–Crippen MR) is 80.3 cm³/mol. The van der Waals surface area contributed by atoms with Crippen molar-refractivity contribution in [3.8, 4) is 6.07 Å².